The third kappa shape index (κ3) is 2.90. The Balaban J connectivity index is 1.23. The van der Waals surface area contributed by atoms with E-state index in [-0.39, 0.29) is 0 Å². The predicted molar refractivity (Wildman–Crippen MR) is 132 cm³/mol. The minimum atomic E-state index is 0.874. The van der Waals surface area contributed by atoms with Crippen molar-refractivity contribution in [1.29, 1.82) is 0 Å². The van der Waals surface area contributed by atoms with Gasteiger partial charge in [-0.2, -0.15) is 15.4 Å². The Hall–Kier alpha value is -3.68. The van der Waals surface area contributed by atoms with Crippen LogP contribution >= 0.6 is 23.1 Å². The highest BCUT2D eigenvalue weighted by Gasteiger charge is 2.18. The van der Waals surface area contributed by atoms with Crippen LogP contribution in [0.5, 0.6) is 0 Å². The SMILES string of the molecule is c1ccc2sc(-c3ccc4c(c3)Nc3ccc(-c5ccc6n[nH]nc6c5)cc3S4)nc2c1. The number of nitrogens with one attached hydrogen (secondary N) is 2. The molecule has 2 aromatic heterocycles. The van der Waals surface area contributed by atoms with E-state index in [1.54, 1.807) is 23.1 Å². The average Bonchev–Trinajstić information content (AvgIpc) is 3.48. The Morgan fingerprint density at radius 1 is 0.625 bits per heavy atom. The summed E-state index contributed by atoms with van der Waals surface area (Å²) in [7, 11) is 0. The van der Waals surface area contributed by atoms with Crippen LogP contribution in [0.2, 0.25) is 0 Å². The zero-order valence-electron chi connectivity index (χ0n) is 16.7. The second-order valence-corrected chi connectivity index (χ2v) is 9.78. The number of hydrogen-bond acceptors (Lipinski definition) is 6. The molecule has 0 radical (unpaired) electrons. The highest BCUT2D eigenvalue weighted by atomic mass is 32.2. The van der Waals surface area contributed by atoms with Crippen LogP contribution in [-0.4, -0.2) is 20.4 Å². The number of H-pyrrole nitrogens is 1. The first-order chi connectivity index (χ1) is 15.8. The molecule has 1 aliphatic rings. The van der Waals surface area contributed by atoms with Crippen LogP contribution in [0.15, 0.2) is 88.7 Å². The second-order valence-electron chi connectivity index (χ2n) is 7.66. The molecule has 2 N–H and O–H groups in total. The van der Waals surface area contributed by atoms with Crippen LogP contribution in [0.25, 0.3) is 42.9 Å². The van der Waals surface area contributed by atoms with Crippen LogP contribution in [0.4, 0.5) is 11.4 Å². The van der Waals surface area contributed by atoms with Crippen LogP contribution in [0.1, 0.15) is 0 Å². The van der Waals surface area contributed by atoms with Gasteiger partial charge in [0.25, 0.3) is 0 Å². The van der Waals surface area contributed by atoms with Crippen LogP contribution in [0.3, 0.4) is 0 Å². The summed E-state index contributed by atoms with van der Waals surface area (Å²) in [6.07, 6.45) is 0. The molecule has 1 aliphatic heterocycles. The quantitative estimate of drug-likeness (QED) is 0.294. The minimum absolute atomic E-state index is 0.874. The molecule has 5 nitrogen and oxygen atoms in total. The highest BCUT2D eigenvalue weighted by Crippen LogP contribution is 2.47. The molecule has 0 saturated heterocycles. The number of para-hydroxylation sites is 1. The molecule has 0 bridgehead atoms. The molecule has 4 aromatic carbocycles. The van der Waals surface area contributed by atoms with E-state index in [1.807, 2.05) is 12.1 Å². The summed E-state index contributed by atoms with van der Waals surface area (Å²) < 4.78 is 1.21. The molecule has 152 valence electrons. The maximum atomic E-state index is 4.81. The number of aromatic nitrogens is 4. The Kier molecular flexibility index (Phi) is 3.88. The lowest BCUT2D eigenvalue weighted by molar-refractivity contribution is 0.959. The molecular weight excluding hydrogens is 434 g/mol. The lowest BCUT2D eigenvalue weighted by atomic mass is 10.0. The highest BCUT2D eigenvalue weighted by molar-refractivity contribution is 7.99. The number of nitrogens with zero attached hydrogens (tertiary/aromatic N) is 3. The van der Waals surface area contributed by atoms with Crippen molar-refractivity contribution in [3.8, 4) is 21.7 Å². The van der Waals surface area contributed by atoms with Gasteiger partial charge in [-0.15, -0.1) is 11.3 Å². The van der Waals surface area contributed by atoms with E-state index in [0.717, 1.165) is 49.6 Å². The van der Waals surface area contributed by atoms with Gasteiger partial charge in [-0.25, -0.2) is 4.98 Å². The van der Waals surface area contributed by atoms with Crippen molar-refractivity contribution in [2.24, 2.45) is 0 Å². The molecule has 32 heavy (non-hydrogen) atoms. The van der Waals surface area contributed by atoms with Crippen molar-refractivity contribution in [3.05, 3.63) is 78.9 Å². The van der Waals surface area contributed by atoms with Gasteiger partial charge in [-0.1, -0.05) is 42.1 Å². The smallest absolute Gasteiger partial charge is 0.124 e. The first-order valence-electron chi connectivity index (χ1n) is 10.2. The first kappa shape index (κ1) is 17.9. The number of rotatable bonds is 2. The van der Waals surface area contributed by atoms with Crippen LogP contribution in [0, 0.1) is 0 Å². The summed E-state index contributed by atoms with van der Waals surface area (Å²) in [5.41, 5.74) is 8.48. The average molecular weight is 450 g/mol. The number of aromatic amines is 1. The lowest BCUT2D eigenvalue weighted by Crippen LogP contribution is -2.00. The fourth-order valence-electron chi connectivity index (χ4n) is 4.02. The molecule has 0 unspecified atom stereocenters. The van der Waals surface area contributed by atoms with E-state index < -0.39 is 0 Å². The van der Waals surface area contributed by atoms with Crippen molar-refractivity contribution < 1.29 is 0 Å². The van der Waals surface area contributed by atoms with E-state index in [1.165, 1.54) is 14.5 Å². The van der Waals surface area contributed by atoms with Gasteiger partial charge in [0.1, 0.15) is 16.0 Å². The molecule has 7 rings (SSSR count). The largest absolute Gasteiger partial charge is 0.354 e. The van der Waals surface area contributed by atoms with Crippen molar-refractivity contribution >= 4 is 55.7 Å². The van der Waals surface area contributed by atoms with E-state index in [9.17, 15) is 0 Å². The standard InChI is InChI=1S/C25H15N5S2/c1-2-4-22-18(3-1)27-25(32-22)16-7-10-23-21(12-16)26-19-9-6-15(13-24(19)31-23)14-5-8-17-20(11-14)29-30-28-17/h1-13,26H,(H,28,29,30). The van der Waals surface area contributed by atoms with Gasteiger partial charge < -0.3 is 5.32 Å². The van der Waals surface area contributed by atoms with Gasteiger partial charge in [0, 0.05) is 15.4 Å². The molecule has 6 aromatic rings. The normalized spacial score (nSPS) is 12.5. The van der Waals surface area contributed by atoms with E-state index in [4.69, 9.17) is 4.98 Å². The van der Waals surface area contributed by atoms with E-state index >= 15 is 0 Å². The van der Waals surface area contributed by atoms with Crippen molar-refractivity contribution in [2.75, 3.05) is 5.32 Å². The van der Waals surface area contributed by atoms with Gasteiger partial charge in [0.2, 0.25) is 0 Å². The summed E-state index contributed by atoms with van der Waals surface area (Å²) in [5.74, 6) is 0. The monoisotopic (exact) mass is 449 g/mol. The summed E-state index contributed by atoms with van der Waals surface area (Å²) in [5, 5.41) is 15.7. The maximum Gasteiger partial charge on any atom is 0.124 e. The third-order valence-electron chi connectivity index (χ3n) is 5.64. The van der Waals surface area contributed by atoms with E-state index in [2.05, 4.69) is 87.5 Å². The first-order valence-corrected chi connectivity index (χ1v) is 11.8. The zero-order chi connectivity index (χ0) is 21.1. The topological polar surface area (TPSA) is 66.5 Å². The van der Waals surface area contributed by atoms with Crippen LogP contribution < -0.4 is 5.32 Å². The summed E-state index contributed by atoms with van der Waals surface area (Å²) in [6.45, 7) is 0. The number of anilines is 2. The molecular formula is C25H15N5S2. The van der Waals surface area contributed by atoms with Crippen LogP contribution in [-0.2, 0) is 0 Å². The number of benzene rings is 4. The van der Waals surface area contributed by atoms with Gasteiger partial charge in [0.05, 0.1) is 21.6 Å². The molecule has 0 amide bonds. The van der Waals surface area contributed by atoms with Gasteiger partial charge in [-0.05, 0) is 59.7 Å². The van der Waals surface area contributed by atoms with Gasteiger partial charge in [-0.3, -0.25) is 0 Å². The Morgan fingerprint density at radius 2 is 1.47 bits per heavy atom. The fourth-order valence-corrected chi connectivity index (χ4v) is 5.99. The summed E-state index contributed by atoms with van der Waals surface area (Å²) >= 11 is 3.52. The summed E-state index contributed by atoms with van der Waals surface area (Å²) in [6, 6.07) is 27.5. The Morgan fingerprint density at radius 3 is 2.44 bits per heavy atom. The molecule has 7 heteroatoms. The second kappa shape index (κ2) is 6.91. The maximum absolute atomic E-state index is 4.81. The zero-order valence-corrected chi connectivity index (χ0v) is 18.3. The predicted octanol–water partition coefficient (Wildman–Crippen LogP) is 7.11. The summed E-state index contributed by atoms with van der Waals surface area (Å²) in [4.78, 5) is 7.24. The fraction of sp³-hybridized carbons (Fsp3) is 0. The van der Waals surface area contributed by atoms with Crippen molar-refractivity contribution in [3.63, 3.8) is 0 Å². The van der Waals surface area contributed by atoms with Gasteiger partial charge >= 0.3 is 0 Å². The molecule has 0 fully saturated rings. The number of fused-ring (bicyclic) bond motifs is 4. The minimum Gasteiger partial charge on any atom is -0.354 e. The molecule has 0 saturated carbocycles. The Bertz CT molecular complexity index is 1560. The molecule has 3 heterocycles. The number of hydrogen-bond donors (Lipinski definition) is 2. The van der Waals surface area contributed by atoms with Crippen molar-refractivity contribution in [1.82, 2.24) is 20.4 Å². The molecule has 0 spiro atoms. The third-order valence-corrected chi connectivity index (χ3v) is 7.86. The van der Waals surface area contributed by atoms with Gasteiger partial charge in [0.15, 0.2) is 0 Å². The molecule has 0 aliphatic carbocycles. The number of thiazole rings is 1. The lowest BCUT2D eigenvalue weighted by Gasteiger charge is -2.22. The van der Waals surface area contributed by atoms with E-state index in [0.29, 0.717) is 0 Å². The van der Waals surface area contributed by atoms with Crippen molar-refractivity contribution in [2.45, 2.75) is 9.79 Å². The molecule has 0 atom stereocenters. The Labute approximate surface area is 191 Å².